The van der Waals surface area contributed by atoms with Crippen molar-refractivity contribution >= 4 is 17.5 Å². The highest BCUT2D eigenvalue weighted by Gasteiger charge is 2.25. The summed E-state index contributed by atoms with van der Waals surface area (Å²) in [7, 11) is 0. The van der Waals surface area contributed by atoms with E-state index in [1.54, 1.807) is 18.2 Å². The summed E-state index contributed by atoms with van der Waals surface area (Å²) in [5.74, 6) is -1.37. The lowest BCUT2D eigenvalue weighted by atomic mass is 9.94. The summed E-state index contributed by atoms with van der Waals surface area (Å²) in [4.78, 5) is 26.8. The highest BCUT2D eigenvalue weighted by atomic mass is 19.2. The number of carbonyl (C=O) groups is 2. The molecule has 4 rings (SSSR count). The van der Waals surface area contributed by atoms with Gasteiger partial charge in [-0.2, -0.15) is 0 Å². The van der Waals surface area contributed by atoms with E-state index in [2.05, 4.69) is 16.0 Å². The van der Waals surface area contributed by atoms with Gasteiger partial charge in [0.25, 0.3) is 5.91 Å². The average molecular weight is 545 g/mol. The molecular weight excluding hydrogens is 506 g/mol. The number of carbonyl (C=O) groups excluding carboxylic acids is 2. The largest absolute Gasteiger partial charge is 0.506 e. The molecule has 1 aliphatic carbocycles. The van der Waals surface area contributed by atoms with Crippen LogP contribution in [0.25, 0.3) is 0 Å². The number of ether oxygens (including phenoxy) is 1. The van der Waals surface area contributed by atoms with Gasteiger partial charge in [0.2, 0.25) is 5.91 Å². The monoisotopic (exact) mass is 544 g/mol. The molecule has 2 amide bonds. The molecule has 2 aromatic rings. The fraction of sp³-hybridized carbons (Fsp3) is 0.517. The highest BCUT2D eigenvalue weighted by molar-refractivity contribution is 5.97. The van der Waals surface area contributed by atoms with Gasteiger partial charge in [-0.25, -0.2) is 8.78 Å². The molecule has 0 radical (unpaired) electrons. The molecule has 1 heterocycles. The van der Waals surface area contributed by atoms with Crippen molar-refractivity contribution in [3.63, 3.8) is 0 Å². The number of benzene rings is 2. The van der Waals surface area contributed by atoms with E-state index in [1.807, 2.05) is 4.90 Å². The zero-order valence-electron chi connectivity index (χ0n) is 22.2. The number of amides is 2. The molecule has 1 fully saturated rings. The normalized spacial score (nSPS) is 15.4. The Bertz CT molecular complexity index is 1140. The van der Waals surface area contributed by atoms with Gasteiger partial charge >= 0.3 is 0 Å². The number of anilines is 1. The van der Waals surface area contributed by atoms with Crippen LogP contribution in [0.4, 0.5) is 14.5 Å². The SMILES string of the molecule is O=C1COc2c(CCNCCN(C(=O)CCNCCc3cccc(F)c3F)C3CCCCC3)ccc(O)c2N1. The molecule has 0 unspecified atom stereocenters. The summed E-state index contributed by atoms with van der Waals surface area (Å²) in [5, 5.41) is 19.3. The molecule has 4 N–H and O–H groups in total. The minimum Gasteiger partial charge on any atom is -0.506 e. The zero-order chi connectivity index (χ0) is 27.6. The van der Waals surface area contributed by atoms with Gasteiger partial charge in [0, 0.05) is 32.1 Å². The van der Waals surface area contributed by atoms with Gasteiger partial charge < -0.3 is 30.7 Å². The van der Waals surface area contributed by atoms with Gasteiger partial charge in [0.05, 0.1) is 0 Å². The Hall–Kier alpha value is -3.24. The van der Waals surface area contributed by atoms with Crippen LogP contribution in [0.2, 0.25) is 0 Å². The summed E-state index contributed by atoms with van der Waals surface area (Å²) in [6.45, 7) is 2.78. The van der Waals surface area contributed by atoms with Crippen molar-refractivity contribution in [2.24, 2.45) is 0 Å². The third kappa shape index (κ3) is 7.89. The van der Waals surface area contributed by atoms with E-state index in [1.165, 1.54) is 12.5 Å². The summed E-state index contributed by atoms with van der Waals surface area (Å²) in [6, 6.07) is 7.77. The summed E-state index contributed by atoms with van der Waals surface area (Å²) in [5.41, 5.74) is 1.53. The first-order valence-corrected chi connectivity index (χ1v) is 13.9. The predicted octanol–water partition coefficient (Wildman–Crippen LogP) is 3.52. The third-order valence-electron chi connectivity index (χ3n) is 7.38. The number of nitrogens with one attached hydrogen (secondary N) is 3. The fourth-order valence-corrected chi connectivity index (χ4v) is 5.29. The number of phenols is 1. The topological polar surface area (TPSA) is 103 Å². The van der Waals surface area contributed by atoms with E-state index < -0.39 is 11.6 Å². The van der Waals surface area contributed by atoms with Gasteiger partial charge in [-0.1, -0.05) is 37.5 Å². The van der Waals surface area contributed by atoms with Crippen LogP contribution in [0, 0.1) is 11.6 Å². The number of aromatic hydroxyl groups is 1. The maximum Gasteiger partial charge on any atom is 0.262 e. The van der Waals surface area contributed by atoms with E-state index in [4.69, 9.17) is 4.74 Å². The molecule has 212 valence electrons. The Kier molecular flexibility index (Phi) is 10.5. The van der Waals surface area contributed by atoms with Crippen molar-refractivity contribution in [2.45, 2.75) is 57.4 Å². The van der Waals surface area contributed by atoms with E-state index in [0.29, 0.717) is 69.0 Å². The lowest BCUT2D eigenvalue weighted by Gasteiger charge is -2.34. The molecule has 0 bridgehead atoms. The first-order valence-electron chi connectivity index (χ1n) is 13.9. The van der Waals surface area contributed by atoms with Crippen molar-refractivity contribution in [1.29, 1.82) is 0 Å². The van der Waals surface area contributed by atoms with Crippen LogP contribution in [-0.4, -0.2) is 67.2 Å². The molecule has 0 saturated heterocycles. The minimum absolute atomic E-state index is 0.0213. The van der Waals surface area contributed by atoms with Crippen LogP contribution >= 0.6 is 0 Å². The summed E-state index contributed by atoms with van der Waals surface area (Å²) >= 11 is 0. The van der Waals surface area contributed by atoms with E-state index >= 15 is 0 Å². The van der Waals surface area contributed by atoms with Crippen molar-refractivity contribution in [2.75, 3.05) is 44.6 Å². The molecule has 8 nitrogen and oxygen atoms in total. The molecule has 2 aromatic carbocycles. The van der Waals surface area contributed by atoms with Crippen molar-refractivity contribution in [1.82, 2.24) is 15.5 Å². The van der Waals surface area contributed by atoms with Crippen LogP contribution in [-0.2, 0) is 22.4 Å². The van der Waals surface area contributed by atoms with Crippen molar-refractivity contribution < 1.29 is 28.2 Å². The molecule has 0 atom stereocenters. The molecule has 10 heteroatoms. The third-order valence-corrected chi connectivity index (χ3v) is 7.38. The Balaban J connectivity index is 1.22. The zero-order valence-corrected chi connectivity index (χ0v) is 22.2. The fourth-order valence-electron chi connectivity index (χ4n) is 5.29. The maximum absolute atomic E-state index is 13.8. The standard InChI is InChI=1S/C29H38F2N4O4/c30-23-8-4-5-20(27(23)31)11-14-32-16-13-26(38)35(22-6-2-1-3-7-22)18-17-33-15-12-21-9-10-24(36)28-29(21)39-19-25(37)34-28/h4-5,8-10,22,32-33,36H,1-3,6-7,11-19H2,(H,34,37). The van der Waals surface area contributed by atoms with E-state index in [9.17, 15) is 23.5 Å². The van der Waals surface area contributed by atoms with Crippen LogP contribution in [0.3, 0.4) is 0 Å². The van der Waals surface area contributed by atoms with Gasteiger partial charge in [-0.15, -0.1) is 0 Å². The molecule has 2 aliphatic rings. The number of hydrogen-bond donors (Lipinski definition) is 4. The van der Waals surface area contributed by atoms with Crippen LogP contribution in [0.5, 0.6) is 11.5 Å². The number of phenolic OH excluding ortho intramolecular Hbond substituents is 1. The second-order valence-corrected chi connectivity index (χ2v) is 10.1. The number of fused-ring (bicyclic) bond motifs is 1. The predicted molar refractivity (Wildman–Crippen MR) is 145 cm³/mol. The van der Waals surface area contributed by atoms with Gasteiger partial charge in [-0.3, -0.25) is 9.59 Å². The molecular formula is C29H38F2N4O4. The minimum atomic E-state index is -0.844. The Morgan fingerprint density at radius 1 is 1.00 bits per heavy atom. The first kappa shape index (κ1) is 28.8. The second-order valence-electron chi connectivity index (χ2n) is 10.1. The van der Waals surface area contributed by atoms with Crippen LogP contribution in [0.1, 0.15) is 49.7 Å². The van der Waals surface area contributed by atoms with Crippen LogP contribution in [0.15, 0.2) is 30.3 Å². The quantitative estimate of drug-likeness (QED) is 0.227. The molecule has 0 aromatic heterocycles. The van der Waals surface area contributed by atoms with Gasteiger partial charge in [0.15, 0.2) is 24.0 Å². The summed E-state index contributed by atoms with van der Waals surface area (Å²) in [6.07, 6.45) is 6.84. The lowest BCUT2D eigenvalue weighted by molar-refractivity contribution is -0.134. The average Bonchev–Trinajstić information content (AvgIpc) is 2.94. The number of rotatable bonds is 13. The van der Waals surface area contributed by atoms with Crippen molar-refractivity contribution in [3.05, 3.63) is 53.1 Å². The first-order chi connectivity index (χ1) is 18.9. The number of nitrogens with zero attached hydrogens (tertiary/aromatic N) is 1. The van der Waals surface area contributed by atoms with Gasteiger partial charge in [0.1, 0.15) is 11.4 Å². The smallest absolute Gasteiger partial charge is 0.262 e. The van der Waals surface area contributed by atoms with Crippen LogP contribution < -0.4 is 20.7 Å². The molecule has 1 aliphatic heterocycles. The Morgan fingerprint density at radius 2 is 1.74 bits per heavy atom. The number of halogens is 2. The highest BCUT2D eigenvalue weighted by Crippen LogP contribution is 2.39. The molecule has 0 spiro atoms. The molecule has 39 heavy (non-hydrogen) atoms. The van der Waals surface area contributed by atoms with Crippen molar-refractivity contribution in [3.8, 4) is 11.5 Å². The second kappa shape index (κ2) is 14.2. The van der Waals surface area contributed by atoms with E-state index in [0.717, 1.165) is 37.3 Å². The lowest BCUT2D eigenvalue weighted by Crippen LogP contribution is -2.45. The Labute approximate surface area is 228 Å². The van der Waals surface area contributed by atoms with E-state index in [-0.39, 0.29) is 30.2 Å². The number of hydrogen-bond acceptors (Lipinski definition) is 6. The van der Waals surface area contributed by atoms with Gasteiger partial charge in [-0.05, 0) is 62.0 Å². The molecule has 1 saturated carbocycles. The Morgan fingerprint density at radius 3 is 2.54 bits per heavy atom. The maximum atomic E-state index is 13.8. The summed E-state index contributed by atoms with van der Waals surface area (Å²) < 4.78 is 32.8.